The van der Waals surface area contributed by atoms with Gasteiger partial charge in [0.05, 0.1) is 6.04 Å². The van der Waals surface area contributed by atoms with Crippen LogP contribution in [0.2, 0.25) is 0 Å². The van der Waals surface area contributed by atoms with Crippen molar-refractivity contribution in [3.8, 4) is 0 Å². The monoisotopic (exact) mass is 197 g/mol. The first-order chi connectivity index (χ1) is 6.20. The van der Waals surface area contributed by atoms with E-state index in [1.807, 2.05) is 11.8 Å². The summed E-state index contributed by atoms with van der Waals surface area (Å²) in [5.41, 5.74) is 0. The molecular formula is C9H11NO2S. The topological polar surface area (TPSA) is 37.4 Å². The molecule has 13 heavy (non-hydrogen) atoms. The zero-order valence-corrected chi connectivity index (χ0v) is 8.21. The molecule has 3 nitrogen and oxygen atoms in total. The van der Waals surface area contributed by atoms with Gasteiger partial charge in [-0.25, -0.2) is 0 Å². The fourth-order valence-electron chi connectivity index (χ4n) is 1.72. The fourth-order valence-corrected chi connectivity index (χ4v) is 3.17. The van der Waals surface area contributed by atoms with Crippen LogP contribution in [0.4, 0.5) is 0 Å². The van der Waals surface area contributed by atoms with Crippen molar-refractivity contribution in [2.75, 3.05) is 11.5 Å². The smallest absolute Gasteiger partial charge is 0.253 e. The molecule has 2 heterocycles. The van der Waals surface area contributed by atoms with E-state index in [-0.39, 0.29) is 17.9 Å². The van der Waals surface area contributed by atoms with E-state index in [0.717, 1.165) is 11.5 Å². The molecule has 4 heteroatoms. The SMILES string of the molecule is CC1CSCC1N1C(=O)C=CC1=O. The third-order valence-corrected chi connectivity index (χ3v) is 3.84. The van der Waals surface area contributed by atoms with Gasteiger partial charge in [0.25, 0.3) is 11.8 Å². The average molecular weight is 197 g/mol. The highest BCUT2D eigenvalue weighted by Crippen LogP contribution is 2.29. The van der Waals surface area contributed by atoms with E-state index < -0.39 is 0 Å². The lowest BCUT2D eigenvalue weighted by Gasteiger charge is -2.24. The summed E-state index contributed by atoms with van der Waals surface area (Å²) in [5.74, 6) is 2.06. The second-order valence-corrected chi connectivity index (χ2v) is 4.54. The Kier molecular flexibility index (Phi) is 2.15. The third kappa shape index (κ3) is 1.39. The molecule has 2 aliphatic heterocycles. The third-order valence-electron chi connectivity index (χ3n) is 2.50. The van der Waals surface area contributed by atoms with Crippen LogP contribution in [-0.4, -0.2) is 34.3 Å². The van der Waals surface area contributed by atoms with Crippen LogP contribution in [0.5, 0.6) is 0 Å². The van der Waals surface area contributed by atoms with Crippen molar-refractivity contribution >= 4 is 23.6 Å². The van der Waals surface area contributed by atoms with E-state index in [4.69, 9.17) is 0 Å². The molecule has 0 bridgehead atoms. The number of imide groups is 1. The molecule has 0 spiro atoms. The molecule has 2 unspecified atom stereocenters. The molecule has 0 aromatic carbocycles. The Balaban J connectivity index is 2.16. The van der Waals surface area contributed by atoms with Crippen molar-refractivity contribution in [2.24, 2.45) is 5.92 Å². The number of rotatable bonds is 1. The highest BCUT2D eigenvalue weighted by Gasteiger charge is 2.37. The van der Waals surface area contributed by atoms with Gasteiger partial charge in [-0.15, -0.1) is 0 Å². The Labute approximate surface area is 81.2 Å². The van der Waals surface area contributed by atoms with E-state index in [0.29, 0.717) is 5.92 Å². The summed E-state index contributed by atoms with van der Waals surface area (Å²) in [5, 5.41) is 0. The van der Waals surface area contributed by atoms with Crippen molar-refractivity contribution in [3.63, 3.8) is 0 Å². The molecule has 0 N–H and O–H groups in total. The summed E-state index contributed by atoms with van der Waals surface area (Å²) in [4.78, 5) is 24.0. The molecule has 2 rings (SSSR count). The lowest BCUT2D eigenvalue weighted by atomic mass is 10.1. The van der Waals surface area contributed by atoms with Gasteiger partial charge in [0.15, 0.2) is 0 Å². The van der Waals surface area contributed by atoms with Gasteiger partial charge in [-0.05, 0) is 11.7 Å². The minimum atomic E-state index is -0.149. The molecule has 0 saturated carbocycles. The van der Waals surface area contributed by atoms with E-state index in [1.54, 1.807) is 0 Å². The number of thioether (sulfide) groups is 1. The second-order valence-electron chi connectivity index (χ2n) is 3.46. The number of amides is 2. The highest BCUT2D eigenvalue weighted by atomic mass is 32.2. The number of hydrogen-bond donors (Lipinski definition) is 0. The van der Waals surface area contributed by atoms with Crippen LogP contribution in [0.15, 0.2) is 12.2 Å². The molecular weight excluding hydrogens is 186 g/mol. The summed E-state index contributed by atoms with van der Waals surface area (Å²) in [6.07, 6.45) is 2.72. The van der Waals surface area contributed by atoms with Crippen LogP contribution >= 0.6 is 11.8 Å². The molecule has 0 radical (unpaired) electrons. The van der Waals surface area contributed by atoms with Gasteiger partial charge in [-0.3, -0.25) is 14.5 Å². The van der Waals surface area contributed by atoms with Gasteiger partial charge in [-0.2, -0.15) is 11.8 Å². The molecule has 70 valence electrons. The summed E-state index contributed by atoms with van der Waals surface area (Å²) < 4.78 is 0. The van der Waals surface area contributed by atoms with Gasteiger partial charge in [0.1, 0.15) is 0 Å². The fraction of sp³-hybridized carbons (Fsp3) is 0.556. The minimum Gasteiger partial charge on any atom is -0.271 e. The van der Waals surface area contributed by atoms with Crippen LogP contribution in [0.1, 0.15) is 6.92 Å². The van der Waals surface area contributed by atoms with Gasteiger partial charge in [0.2, 0.25) is 0 Å². The first-order valence-electron chi connectivity index (χ1n) is 4.33. The summed E-state index contributed by atoms with van der Waals surface area (Å²) in [6, 6.07) is 0.111. The van der Waals surface area contributed by atoms with Crippen LogP contribution in [0, 0.1) is 5.92 Å². The van der Waals surface area contributed by atoms with Crippen molar-refractivity contribution < 1.29 is 9.59 Å². The number of carbonyl (C=O) groups excluding carboxylic acids is 2. The first-order valence-corrected chi connectivity index (χ1v) is 5.48. The van der Waals surface area contributed by atoms with Crippen LogP contribution < -0.4 is 0 Å². The Morgan fingerprint density at radius 2 is 1.92 bits per heavy atom. The molecule has 2 amide bonds. The number of hydrogen-bond acceptors (Lipinski definition) is 3. The highest BCUT2D eigenvalue weighted by molar-refractivity contribution is 7.99. The predicted octanol–water partition coefficient (Wildman–Crippen LogP) is 0.663. The molecule has 2 aliphatic rings. The maximum absolute atomic E-state index is 11.3. The second kappa shape index (κ2) is 3.18. The Morgan fingerprint density at radius 3 is 2.38 bits per heavy atom. The zero-order chi connectivity index (χ0) is 9.42. The summed E-state index contributed by atoms with van der Waals surface area (Å²) in [6.45, 7) is 2.09. The van der Waals surface area contributed by atoms with Crippen molar-refractivity contribution in [3.05, 3.63) is 12.2 Å². The van der Waals surface area contributed by atoms with Crippen LogP contribution in [0.3, 0.4) is 0 Å². The maximum Gasteiger partial charge on any atom is 0.253 e. The van der Waals surface area contributed by atoms with Gasteiger partial charge in [0, 0.05) is 17.9 Å². The van der Waals surface area contributed by atoms with Crippen molar-refractivity contribution in [1.82, 2.24) is 4.90 Å². The molecule has 2 atom stereocenters. The Hall–Kier alpha value is -0.770. The number of nitrogens with zero attached hydrogens (tertiary/aromatic N) is 1. The molecule has 0 aromatic rings. The minimum absolute atomic E-state index is 0.111. The summed E-state index contributed by atoms with van der Waals surface area (Å²) in [7, 11) is 0. The quantitative estimate of drug-likeness (QED) is 0.580. The Bertz CT molecular complexity index is 269. The van der Waals surface area contributed by atoms with E-state index in [1.165, 1.54) is 17.1 Å². The average Bonchev–Trinajstić information content (AvgIpc) is 2.60. The van der Waals surface area contributed by atoms with Gasteiger partial charge >= 0.3 is 0 Å². The first kappa shape index (κ1) is 8.81. The largest absolute Gasteiger partial charge is 0.271 e. The van der Waals surface area contributed by atoms with Crippen molar-refractivity contribution in [1.29, 1.82) is 0 Å². The van der Waals surface area contributed by atoms with Crippen molar-refractivity contribution in [2.45, 2.75) is 13.0 Å². The predicted molar refractivity (Wildman–Crippen MR) is 51.3 cm³/mol. The molecule has 1 saturated heterocycles. The molecule has 0 aliphatic carbocycles. The van der Waals surface area contributed by atoms with Crippen LogP contribution in [0.25, 0.3) is 0 Å². The van der Waals surface area contributed by atoms with Gasteiger partial charge in [-0.1, -0.05) is 6.92 Å². The molecule has 1 fully saturated rings. The number of carbonyl (C=O) groups is 2. The Morgan fingerprint density at radius 1 is 1.31 bits per heavy atom. The van der Waals surface area contributed by atoms with Gasteiger partial charge < -0.3 is 0 Å². The molecule has 0 aromatic heterocycles. The zero-order valence-electron chi connectivity index (χ0n) is 7.40. The maximum atomic E-state index is 11.3. The van der Waals surface area contributed by atoms with E-state index in [9.17, 15) is 9.59 Å². The van der Waals surface area contributed by atoms with Crippen LogP contribution in [-0.2, 0) is 9.59 Å². The summed E-state index contributed by atoms with van der Waals surface area (Å²) >= 11 is 1.81. The lowest BCUT2D eigenvalue weighted by Crippen LogP contribution is -2.43. The normalized spacial score (nSPS) is 33.5. The standard InChI is InChI=1S/C9H11NO2S/c1-6-4-13-5-7(6)10-8(11)2-3-9(10)12/h2-3,6-7H,4-5H2,1H3. The van der Waals surface area contributed by atoms with E-state index >= 15 is 0 Å². The van der Waals surface area contributed by atoms with E-state index in [2.05, 4.69) is 6.92 Å². The lowest BCUT2D eigenvalue weighted by molar-refractivity contribution is -0.139.